The Balaban J connectivity index is 1.98. The predicted octanol–water partition coefficient (Wildman–Crippen LogP) is -0.363. The standard InChI is InChI=1S/C16H22N4O4/c1-12(2)17-16(22)10-18-5-7-19(8-6-18)15-4-3-14(20(23)24)9-13(15)11-21/h3-4,9,11-12H,5-8,10H2,1-2H3,(H,17,22)/p+1. The van der Waals surface area contributed by atoms with E-state index in [0.29, 0.717) is 37.2 Å². The van der Waals surface area contributed by atoms with E-state index in [1.165, 1.54) is 17.0 Å². The van der Waals surface area contributed by atoms with E-state index in [4.69, 9.17) is 0 Å². The van der Waals surface area contributed by atoms with Gasteiger partial charge < -0.3 is 15.1 Å². The van der Waals surface area contributed by atoms with Gasteiger partial charge in [0, 0.05) is 29.4 Å². The molecule has 24 heavy (non-hydrogen) atoms. The van der Waals surface area contributed by atoms with Crippen molar-refractivity contribution < 1.29 is 19.4 Å². The van der Waals surface area contributed by atoms with E-state index in [9.17, 15) is 19.7 Å². The molecule has 0 aromatic heterocycles. The summed E-state index contributed by atoms with van der Waals surface area (Å²) in [5.74, 6) is 0.0392. The highest BCUT2D eigenvalue weighted by Crippen LogP contribution is 2.24. The number of hydrogen-bond donors (Lipinski definition) is 2. The molecule has 0 spiro atoms. The maximum Gasteiger partial charge on any atom is 0.275 e. The van der Waals surface area contributed by atoms with Crippen LogP contribution < -0.4 is 15.1 Å². The van der Waals surface area contributed by atoms with Gasteiger partial charge in [-0.05, 0) is 19.9 Å². The lowest BCUT2D eigenvalue weighted by atomic mass is 10.1. The average Bonchev–Trinajstić information content (AvgIpc) is 2.54. The van der Waals surface area contributed by atoms with Gasteiger partial charge in [0.1, 0.15) is 0 Å². The van der Waals surface area contributed by atoms with Gasteiger partial charge in [0.25, 0.3) is 11.6 Å². The van der Waals surface area contributed by atoms with Crippen LogP contribution in [0.2, 0.25) is 0 Å². The summed E-state index contributed by atoms with van der Waals surface area (Å²) in [6, 6.07) is 4.47. The number of non-ortho nitro benzene ring substituents is 1. The smallest absolute Gasteiger partial charge is 0.275 e. The molecular weight excluding hydrogens is 312 g/mol. The van der Waals surface area contributed by atoms with Crippen LogP contribution >= 0.6 is 0 Å². The van der Waals surface area contributed by atoms with Crippen LogP contribution in [0.1, 0.15) is 24.2 Å². The Bertz CT molecular complexity index is 625. The summed E-state index contributed by atoms with van der Waals surface area (Å²) in [4.78, 5) is 36.6. The molecule has 2 N–H and O–H groups in total. The average molecular weight is 335 g/mol. The quantitative estimate of drug-likeness (QED) is 0.420. The minimum atomic E-state index is -0.508. The maximum atomic E-state index is 11.8. The Kier molecular flexibility index (Phi) is 5.86. The maximum absolute atomic E-state index is 11.8. The normalized spacial score (nSPS) is 15.4. The van der Waals surface area contributed by atoms with Crippen molar-refractivity contribution in [3.8, 4) is 0 Å². The summed E-state index contributed by atoms with van der Waals surface area (Å²) < 4.78 is 0. The molecule has 1 fully saturated rings. The molecule has 2 rings (SSSR count). The third-order valence-corrected chi connectivity index (χ3v) is 4.02. The van der Waals surface area contributed by atoms with E-state index in [-0.39, 0.29) is 17.6 Å². The highest BCUT2D eigenvalue weighted by Gasteiger charge is 2.24. The van der Waals surface area contributed by atoms with Gasteiger partial charge in [-0.15, -0.1) is 0 Å². The highest BCUT2D eigenvalue weighted by atomic mass is 16.6. The minimum absolute atomic E-state index is 0.0392. The van der Waals surface area contributed by atoms with Crippen LogP contribution in [0.15, 0.2) is 18.2 Å². The molecule has 8 heteroatoms. The molecule has 1 aliphatic heterocycles. The molecule has 0 radical (unpaired) electrons. The van der Waals surface area contributed by atoms with Crippen molar-refractivity contribution in [1.82, 2.24) is 5.32 Å². The fourth-order valence-electron chi connectivity index (χ4n) is 2.88. The highest BCUT2D eigenvalue weighted by molar-refractivity contribution is 5.86. The summed E-state index contributed by atoms with van der Waals surface area (Å²) in [6.07, 6.45) is 0.650. The largest absolute Gasteiger partial charge is 0.360 e. The molecule has 0 unspecified atom stereocenters. The number of amides is 1. The molecule has 1 aromatic carbocycles. The Hall–Kier alpha value is -2.48. The number of quaternary nitrogens is 1. The Morgan fingerprint density at radius 3 is 2.62 bits per heavy atom. The fourth-order valence-corrected chi connectivity index (χ4v) is 2.88. The number of aldehydes is 1. The number of nitro groups is 1. The van der Waals surface area contributed by atoms with Crippen LogP contribution in [0.3, 0.4) is 0 Å². The number of nitrogens with zero attached hydrogens (tertiary/aromatic N) is 2. The fraction of sp³-hybridized carbons (Fsp3) is 0.500. The number of carbonyl (C=O) groups excluding carboxylic acids is 2. The summed E-state index contributed by atoms with van der Waals surface area (Å²) in [5.41, 5.74) is 0.946. The van der Waals surface area contributed by atoms with Gasteiger partial charge in [0.15, 0.2) is 12.8 Å². The van der Waals surface area contributed by atoms with Crippen molar-refractivity contribution in [2.75, 3.05) is 37.6 Å². The van der Waals surface area contributed by atoms with Crippen LogP contribution in [-0.2, 0) is 4.79 Å². The monoisotopic (exact) mass is 335 g/mol. The molecule has 1 heterocycles. The van der Waals surface area contributed by atoms with Gasteiger partial charge in [0.2, 0.25) is 0 Å². The van der Waals surface area contributed by atoms with Gasteiger partial charge in [0.05, 0.1) is 31.1 Å². The second-order valence-electron chi connectivity index (χ2n) is 6.25. The van der Waals surface area contributed by atoms with E-state index < -0.39 is 4.92 Å². The SMILES string of the molecule is CC(C)NC(=O)C[NH+]1CCN(c2ccc([N+](=O)[O-])cc2C=O)CC1. The second kappa shape index (κ2) is 7.87. The summed E-state index contributed by atoms with van der Waals surface area (Å²) in [6.45, 7) is 7.25. The van der Waals surface area contributed by atoms with Crippen molar-refractivity contribution >= 4 is 23.6 Å². The molecular formula is C16H23N4O4+. The van der Waals surface area contributed by atoms with Crippen LogP contribution in [-0.4, -0.2) is 55.9 Å². The van der Waals surface area contributed by atoms with Crippen molar-refractivity contribution in [3.63, 3.8) is 0 Å². The van der Waals surface area contributed by atoms with Crippen molar-refractivity contribution in [1.29, 1.82) is 0 Å². The van der Waals surface area contributed by atoms with E-state index in [1.807, 2.05) is 18.7 Å². The van der Waals surface area contributed by atoms with Gasteiger partial charge in [-0.25, -0.2) is 0 Å². The molecule has 1 aromatic rings. The van der Waals surface area contributed by atoms with Gasteiger partial charge >= 0.3 is 0 Å². The van der Waals surface area contributed by atoms with Gasteiger partial charge in [-0.1, -0.05) is 0 Å². The van der Waals surface area contributed by atoms with Crippen LogP contribution in [0.5, 0.6) is 0 Å². The molecule has 1 saturated heterocycles. The lowest BCUT2D eigenvalue weighted by molar-refractivity contribution is -0.892. The third-order valence-electron chi connectivity index (χ3n) is 4.02. The molecule has 0 bridgehead atoms. The van der Waals surface area contributed by atoms with Crippen LogP contribution in [0.4, 0.5) is 11.4 Å². The zero-order chi connectivity index (χ0) is 17.7. The number of carbonyl (C=O) groups is 2. The molecule has 0 saturated carbocycles. The zero-order valence-corrected chi connectivity index (χ0v) is 13.9. The summed E-state index contributed by atoms with van der Waals surface area (Å²) in [5, 5.41) is 13.7. The van der Waals surface area contributed by atoms with Crippen molar-refractivity contribution in [3.05, 3.63) is 33.9 Å². The van der Waals surface area contributed by atoms with Crippen molar-refractivity contribution in [2.24, 2.45) is 0 Å². The zero-order valence-electron chi connectivity index (χ0n) is 13.9. The lowest BCUT2D eigenvalue weighted by Gasteiger charge is -2.34. The van der Waals surface area contributed by atoms with Gasteiger partial charge in [-0.2, -0.15) is 0 Å². The number of nitro benzene ring substituents is 1. The Morgan fingerprint density at radius 2 is 2.08 bits per heavy atom. The number of nitrogens with one attached hydrogen (secondary N) is 2. The third kappa shape index (κ3) is 4.51. The molecule has 1 amide bonds. The minimum Gasteiger partial charge on any atom is -0.360 e. The van der Waals surface area contributed by atoms with E-state index >= 15 is 0 Å². The number of anilines is 1. The Labute approximate surface area is 140 Å². The van der Waals surface area contributed by atoms with Crippen LogP contribution in [0.25, 0.3) is 0 Å². The van der Waals surface area contributed by atoms with Gasteiger partial charge in [-0.3, -0.25) is 19.7 Å². The predicted molar refractivity (Wildman–Crippen MR) is 89.5 cm³/mol. The van der Waals surface area contributed by atoms with Crippen LogP contribution in [0, 0.1) is 10.1 Å². The summed E-state index contributed by atoms with van der Waals surface area (Å²) in [7, 11) is 0. The second-order valence-corrected chi connectivity index (χ2v) is 6.25. The van der Waals surface area contributed by atoms with E-state index in [2.05, 4.69) is 5.32 Å². The number of benzene rings is 1. The summed E-state index contributed by atoms with van der Waals surface area (Å²) >= 11 is 0. The van der Waals surface area contributed by atoms with E-state index in [0.717, 1.165) is 13.1 Å². The first-order chi connectivity index (χ1) is 11.4. The molecule has 0 aliphatic carbocycles. The number of rotatable bonds is 6. The molecule has 130 valence electrons. The van der Waals surface area contributed by atoms with Crippen molar-refractivity contribution in [2.45, 2.75) is 19.9 Å². The topological polar surface area (TPSA) is 97.0 Å². The molecule has 0 atom stereocenters. The molecule has 8 nitrogen and oxygen atoms in total. The number of hydrogen-bond acceptors (Lipinski definition) is 5. The van der Waals surface area contributed by atoms with E-state index in [1.54, 1.807) is 6.07 Å². The first-order valence-electron chi connectivity index (χ1n) is 8.02. The Morgan fingerprint density at radius 1 is 1.42 bits per heavy atom. The first-order valence-corrected chi connectivity index (χ1v) is 8.02. The first kappa shape index (κ1) is 17.9. The number of piperazine rings is 1. The lowest BCUT2D eigenvalue weighted by Crippen LogP contribution is -3.16. The molecule has 1 aliphatic rings.